The van der Waals surface area contributed by atoms with Crippen molar-refractivity contribution in [2.45, 2.75) is 19.9 Å². The Hall–Kier alpha value is -0.320. The first-order valence-corrected chi connectivity index (χ1v) is 7.86. The van der Waals surface area contributed by atoms with Gasteiger partial charge in [0.15, 0.2) is 0 Å². The molecule has 0 spiro atoms. The van der Waals surface area contributed by atoms with Crippen LogP contribution < -0.4 is 5.32 Å². The summed E-state index contributed by atoms with van der Waals surface area (Å²) in [7, 11) is 0. The fourth-order valence-corrected chi connectivity index (χ4v) is 3.73. The third kappa shape index (κ3) is 3.33. The fraction of sp³-hybridized carbons (Fsp3) is 0.231. The Labute approximate surface area is 123 Å². The van der Waals surface area contributed by atoms with Gasteiger partial charge in [0.25, 0.3) is 0 Å². The van der Waals surface area contributed by atoms with Crippen LogP contribution in [0, 0.1) is 0 Å². The molecule has 4 heteroatoms. The summed E-state index contributed by atoms with van der Waals surface area (Å²) in [6.45, 7) is 3.05. The predicted octanol–water partition coefficient (Wildman–Crippen LogP) is 5.45. The van der Waals surface area contributed by atoms with E-state index in [1.165, 1.54) is 9.75 Å². The molecule has 0 fully saturated rings. The molecule has 2 aromatic rings. The number of thiophene rings is 1. The lowest BCUT2D eigenvalue weighted by Gasteiger charge is -2.09. The molecule has 90 valence electrons. The number of benzene rings is 1. The summed E-state index contributed by atoms with van der Waals surface area (Å²) in [5, 5.41) is 3.45. The highest BCUT2D eigenvalue weighted by atomic mass is 79.9. The summed E-state index contributed by atoms with van der Waals surface area (Å²) in [5.74, 6) is 0. The summed E-state index contributed by atoms with van der Waals surface area (Å²) in [5.41, 5.74) is 1.11. The summed E-state index contributed by atoms with van der Waals surface area (Å²) in [4.78, 5) is 2.80. The SMILES string of the molecule is CCc1ccc(CNc2c(Br)cccc2Br)s1. The first kappa shape index (κ1) is 13.1. The molecule has 1 aromatic carbocycles. The maximum Gasteiger partial charge on any atom is 0.0631 e. The van der Waals surface area contributed by atoms with Crippen LogP contribution in [0.3, 0.4) is 0 Å². The van der Waals surface area contributed by atoms with E-state index in [1.807, 2.05) is 29.5 Å². The van der Waals surface area contributed by atoms with Gasteiger partial charge in [-0.05, 0) is 62.5 Å². The van der Waals surface area contributed by atoms with Crippen LogP contribution >= 0.6 is 43.2 Å². The van der Waals surface area contributed by atoms with Crippen molar-refractivity contribution in [3.05, 3.63) is 49.0 Å². The number of hydrogen-bond acceptors (Lipinski definition) is 2. The molecule has 0 unspecified atom stereocenters. The van der Waals surface area contributed by atoms with Crippen LogP contribution in [0.4, 0.5) is 5.69 Å². The fourth-order valence-electron chi connectivity index (χ4n) is 1.55. The molecule has 0 saturated carbocycles. The van der Waals surface area contributed by atoms with E-state index in [-0.39, 0.29) is 0 Å². The van der Waals surface area contributed by atoms with Gasteiger partial charge in [-0.15, -0.1) is 11.3 Å². The summed E-state index contributed by atoms with van der Waals surface area (Å²) < 4.78 is 2.17. The normalized spacial score (nSPS) is 10.5. The predicted molar refractivity (Wildman–Crippen MR) is 82.9 cm³/mol. The lowest BCUT2D eigenvalue weighted by Crippen LogP contribution is -1.98. The molecular weight excluding hydrogens is 362 g/mol. The highest BCUT2D eigenvalue weighted by molar-refractivity contribution is 9.11. The number of para-hydroxylation sites is 1. The van der Waals surface area contributed by atoms with Gasteiger partial charge >= 0.3 is 0 Å². The van der Waals surface area contributed by atoms with Crippen molar-refractivity contribution in [1.29, 1.82) is 0 Å². The van der Waals surface area contributed by atoms with Gasteiger partial charge in [0.2, 0.25) is 0 Å². The van der Waals surface area contributed by atoms with Crippen LogP contribution in [0.5, 0.6) is 0 Å². The van der Waals surface area contributed by atoms with Gasteiger partial charge in [0.05, 0.1) is 5.69 Å². The average molecular weight is 375 g/mol. The Bertz CT molecular complexity index is 488. The lowest BCUT2D eigenvalue weighted by molar-refractivity contribution is 1.18. The molecule has 0 radical (unpaired) electrons. The maximum absolute atomic E-state index is 3.55. The molecule has 0 amide bonds. The van der Waals surface area contributed by atoms with Crippen LogP contribution in [0.1, 0.15) is 16.7 Å². The van der Waals surface area contributed by atoms with Gasteiger partial charge in [-0.3, -0.25) is 0 Å². The van der Waals surface area contributed by atoms with Crippen molar-refractivity contribution in [3.63, 3.8) is 0 Å². The van der Waals surface area contributed by atoms with Crippen molar-refractivity contribution < 1.29 is 0 Å². The average Bonchev–Trinajstić information content (AvgIpc) is 2.76. The van der Waals surface area contributed by atoms with Crippen molar-refractivity contribution in [2.24, 2.45) is 0 Å². The van der Waals surface area contributed by atoms with E-state index in [4.69, 9.17) is 0 Å². The second kappa shape index (κ2) is 6.03. The van der Waals surface area contributed by atoms with E-state index in [0.29, 0.717) is 0 Å². The van der Waals surface area contributed by atoms with Gasteiger partial charge < -0.3 is 5.32 Å². The summed E-state index contributed by atoms with van der Waals surface area (Å²) in [6, 6.07) is 10.5. The number of anilines is 1. The van der Waals surface area contributed by atoms with Gasteiger partial charge in [-0.25, -0.2) is 0 Å². The molecule has 1 heterocycles. The van der Waals surface area contributed by atoms with E-state index < -0.39 is 0 Å². The van der Waals surface area contributed by atoms with Crippen LogP contribution in [0.15, 0.2) is 39.3 Å². The molecule has 0 aliphatic rings. The number of aryl methyl sites for hydroxylation is 1. The van der Waals surface area contributed by atoms with Gasteiger partial charge in [0.1, 0.15) is 0 Å². The van der Waals surface area contributed by atoms with E-state index in [2.05, 4.69) is 56.2 Å². The maximum atomic E-state index is 3.55. The summed E-state index contributed by atoms with van der Waals surface area (Å²) >= 11 is 8.97. The minimum Gasteiger partial charge on any atom is -0.378 e. The van der Waals surface area contributed by atoms with Gasteiger partial charge in [-0.1, -0.05) is 13.0 Å². The topological polar surface area (TPSA) is 12.0 Å². The van der Waals surface area contributed by atoms with E-state index in [0.717, 1.165) is 27.6 Å². The molecule has 1 nitrogen and oxygen atoms in total. The van der Waals surface area contributed by atoms with Gasteiger partial charge in [0, 0.05) is 25.2 Å². The molecule has 1 aromatic heterocycles. The first-order chi connectivity index (χ1) is 8.20. The zero-order valence-electron chi connectivity index (χ0n) is 9.47. The smallest absolute Gasteiger partial charge is 0.0631 e. The highest BCUT2D eigenvalue weighted by Gasteiger charge is 2.04. The minimum atomic E-state index is 0.867. The quantitative estimate of drug-likeness (QED) is 0.750. The van der Waals surface area contributed by atoms with Gasteiger partial charge in [-0.2, -0.15) is 0 Å². The van der Waals surface area contributed by atoms with Crippen molar-refractivity contribution in [2.75, 3.05) is 5.32 Å². The Morgan fingerprint density at radius 1 is 1.06 bits per heavy atom. The largest absolute Gasteiger partial charge is 0.378 e. The molecule has 1 N–H and O–H groups in total. The molecule has 0 aliphatic heterocycles. The molecular formula is C13H13Br2NS. The number of nitrogens with one attached hydrogen (secondary N) is 1. The molecule has 0 saturated heterocycles. The van der Waals surface area contributed by atoms with E-state index >= 15 is 0 Å². The standard InChI is InChI=1S/C13H13Br2NS/c1-2-9-6-7-10(17-9)8-16-13-11(14)4-3-5-12(13)15/h3-7,16H,2,8H2,1H3. The zero-order chi connectivity index (χ0) is 12.3. The van der Waals surface area contributed by atoms with E-state index in [1.54, 1.807) is 0 Å². The Morgan fingerprint density at radius 2 is 1.71 bits per heavy atom. The van der Waals surface area contributed by atoms with Crippen LogP contribution in [-0.4, -0.2) is 0 Å². The molecule has 0 bridgehead atoms. The lowest BCUT2D eigenvalue weighted by atomic mass is 10.3. The Balaban J connectivity index is 2.07. The van der Waals surface area contributed by atoms with Crippen LogP contribution in [0.25, 0.3) is 0 Å². The summed E-state index contributed by atoms with van der Waals surface area (Å²) in [6.07, 6.45) is 1.11. The van der Waals surface area contributed by atoms with Crippen molar-refractivity contribution >= 4 is 48.9 Å². The van der Waals surface area contributed by atoms with Crippen LogP contribution in [0.2, 0.25) is 0 Å². The third-order valence-electron chi connectivity index (χ3n) is 2.47. The molecule has 0 aliphatic carbocycles. The number of hydrogen-bond donors (Lipinski definition) is 1. The monoisotopic (exact) mass is 373 g/mol. The zero-order valence-corrected chi connectivity index (χ0v) is 13.5. The Morgan fingerprint density at radius 3 is 2.29 bits per heavy atom. The second-order valence-corrected chi connectivity index (χ2v) is 6.63. The van der Waals surface area contributed by atoms with Crippen molar-refractivity contribution in [1.82, 2.24) is 0 Å². The number of halogens is 2. The molecule has 2 rings (SSSR count). The van der Waals surface area contributed by atoms with Crippen molar-refractivity contribution in [3.8, 4) is 0 Å². The molecule has 17 heavy (non-hydrogen) atoms. The third-order valence-corrected chi connectivity index (χ3v) is 5.02. The highest BCUT2D eigenvalue weighted by Crippen LogP contribution is 2.31. The Kier molecular flexibility index (Phi) is 4.65. The molecule has 0 atom stereocenters. The minimum absolute atomic E-state index is 0.867. The first-order valence-electron chi connectivity index (χ1n) is 5.46. The second-order valence-electron chi connectivity index (χ2n) is 3.67. The van der Waals surface area contributed by atoms with E-state index in [9.17, 15) is 0 Å². The van der Waals surface area contributed by atoms with Crippen LogP contribution in [-0.2, 0) is 13.0 Å². The number of rotatable bonds is 4.